The van der Waals surface area contributed by atoms with Crippen LogP contribution in [0.2, 0.25) is 0 Å². The number of hydrogen-bond donors (Lipinski definition) is 2. The van der Waals surface area contributed by atoms with E-state index in [1.165, 1.54) is 13.3 Å². The number of aliphatic hydroxyl groups is 1. The van der Waals surface area contributed by atoms with Gasteiger partial charge in [-0.25, -0.2) is 0 Å². The van der Waals surface area contributed by atoms with Crippen molar-refractivity contribution in [1.29, 1.82) is 0 Å². The first-order valence-electron chi connectivity index (χ1n) is 6.19. The molecule has 0 saturated carbocycles. The second-order valence-corrected chi connectivity index (χ2v) is 4.24. The van der Waals surface area contributed by atoms with E-state index in [0.717, 1.165) is 11.1 Å². The molecule has 1 aromatic carbocycles. The van der Waals surface area contributed by atoms with Gasteiger partial charge in [0.05, 0.1) is 25.5 Å². The van der Waals surface area contributed by atoms with Crippen molar-refractivity contribution in [2.45, 2.75) is 13.2 Å². The number of carbonyl (C=O) groups is 1. The molecule has 0 saturated heterocycles. The van der Waals surface area contributed by atoms with Gasteiger partial charge in [0.1, 0.15) is 5.75 Å². The highest BCUT2D eigenvalue weighted by Crippen LogP contribution is 2.15. The normalized spacial score (nSPS) is 10.1. The Bertz CT molecular complexity index is 599. The lowest BCUT2D eigenvalue weighted by molar-refractivity contribution is 0.0947. The average Bonchev–Trinajstić information content (AvgIpc) is 2.52. The van der Waals surface area contributed by atoms with Crippen molar-refractivity contribution < 1.29 is 14.6 Å². The Balaban J connectivity index is 2.04. The molecule has 5 nitrogen and oxygen atoms in total. The number of carbonyl (C=O) groups excluding carboxylic acids is 1. The first-order valence-corrected chi connectivity index (χ1v) is 6.19. The standard InChI is InChI=1S/C15H16N2O3/c1-20-14-9-16-6-5-13(14)15(19)17-8-11-3-2-4-12(7-11)10-18/h2-7,9,18H,8,10H2,1H3,(H,17,19). The maximum atomic E-state index is 12.1. The molecule has 1 heterocycles. The lowest BCUT2D eigenvalue weighted by Crippen LogP contribution is -2.23. The van der Waals surface area contributed by atoms with E-state index in [2.05, 4.69) is 10.3 Å². The smallest absolute Gasteiger partial charge is 0.255 e. The minimum absolute atomic E-state index is 0.0139. The first-order chi connectivity index (χ1) is 9.74. The molecule has 2 rings (SSSR count). The summed E-state index contributed by atoms with van der Waals surface area (Å²) in [6.07, 6.45) is 3.05. The van der Waals surface area contributed by atoms with Gasteiger partial charge in [-0.15, -0.1) is 0 Å². The zero-order chi connectivity index (χ0) is 14.4. The Hall–Kier alpha value is -2.40. The maximum absolute atomic E-state index is 12.1. The van der Waals surface area contributed by atoms with Gasteiger partial charge in [-0.2, -0.15) is 0 Å². The molecule has 1 amide bonds. The number of hydrogen-bond acceptors (Lipinski definition) is 4. The van der Waals surface area contributed by atoms with Crippen molar-refractivity contribution in [1.82, 2.24) is 10.3 Å². The first kappa shape index (κ1) is 14.0. The molecule has 0 unspecified atom stereocenters. The Morgan fingerprint density at radius 3 is 2.90 bits per heavy atom. The second-order valence-electron chi connectivity index (χ2n) is 4.24. The van der Waals surface area contributed by atoms with Crippen molar-refractivity contribution in [3.8, 4) is 5.75 Å². The molecular weight excluding hydrogens is 256 g/mol. The number of rotatable bonds is 5. The van der Waals surface area contributed by atoms with E-state index in [9.17, 15) is 4.79 Å². The van der Waals surface area contributed by atoms with Gasteiger partial charge < -0.3 is 15.2 Å². The average molecular weight is 272 g/mol. The van der Waals surface area contributed by atoms with Gasteiger partial charge in [-0.3, -0.25) is 9.78 Å². The fraction of sp³-hybridized carbons (Fsp3) is 0.200. The molecule has 0 atom stereocenters. The number of benzene rings is 1. The molecule has 2 N–H and O–H groups in total. The summed E-state index contributed by atoms with van der Waals surface area (Å²) < 4.78 is 5.10. The monoisotopic (exact) mass is 272 g/mol. The molecule has 5 heteroatoms. The number of nitrogens with zero attached hydrogens (tertiary/aromatic N) is 1. The Kier molecular flexibility index (Phi) is 4.68. The van der Waals surface area contributed by atoms with E-state index in [1.807, 2.05) is 24.3 Å². The van der Waals surface area contributed by atoms with Gasteiger partial charge >= 0.3 is 0 Å². The molecule has 0 aliphatic rings. The van der Waals surface area contributed by atoms with Gasteiger partial charge in [0.15, 0.2) is 0 Å². The van der Waals surface area contributed by atoms with Crippen LogP contribution in [0.1, 0.15) is 21.5 Å². The van der Waals surface area contributed by atoms with Crippen molar-refractivity contribution in [3.05, 3.63) is 59.4 Å². The van der Waals surface area contributed by atoms with Gasteiger partial charge in [0.2, 0.25) is 0 Å². The molecular formula is C15H16N2O3. The second kappa shape index (κ2) is 6.68. The Morgan fingerprint density at radius 2 is 2.15 bits per heavy atom. The number of aromatic nitrogens is 1. The fourth-order valence-corrected chi connectivity index (χ4v) is 1.85. The van der Waals surface area contributed by atoms with Crippen LogP contribution in [0.3, 0.4) is 0 Å². The van der Waals surface area contributed by atoms with Crippen LogP contribution in [-0.2, 0) is 13.2 Å². The summed E-state index contributed by atoms with van der Waals surface area (Å²) >= 11 is 0. The van der Waals surface area contributed by atoms with Gasteiger partial charge in [-0.05, 0) is 17.2 Å². The summed E-state index contributed by atoms with van der Waals surface area (Å²) in [6.45, 7) is 0.373. The van der Waals surface area contributed by atoms with Crippen molar-refractivity contribution >= 4 is 5.91 Å². The van der Waals surface area contributed by atoms with E-state index in [4.69, 9.17) is 9.84 Å². The molecule has 0 aliphatic heterocycles. The number of aliphatic hydroxyl groups excluding tert-OH is 1. The number of amides is 1. The van der Waals surface area contributed by atoms with E-state index in [0.29, 0.717) is 17.9 Å². The summed E-state index contributed by atoms with van der Waals surface area (Å²) in [5.74, 6) is 0.216. The molecule has 0 bridgehead atoms. The third-order valence-corrected chi connectivity index (χ3v) is 2.88. The lowest BCUT2D eigenvalue weighted by Gasteiger charge is -2.09. The highest BCUT2D eigenvalue weighted by atomic mass is 16.5. The van der Waals surface area contributed by atoms with Crippen LogP contribution < -0.4 is 10.1 Å². The van der Waals surface area contributed by atoms with Crippen LogP contribution in [0.5, 0.6) is 5.75 Å². The Morgan fingerprint density at radius 1 is 1.35 bits per heavy atom. The quantitative estimate of drug-likeness (QED) is 0.865. The summed E-state index contributed by atoms with van der Waals surface area (Å²) in [5, 5.41) is 11.9. The predicted octanol–water partition coefficient (Wildman–Crippen LogP) is 1.51. The van der Waals surface area contributed by atoms with E-state index < -0.39 is 0 Å². The summed E-state index contributed by atoms with van der Waals surface area (Å²) in [6, 6.07) is 9.03. The molecule has 1 aromatic heterocycles. The largest absolute Gasteiger partial charge is 0.494 e. The molecule has 0 aliphatic carbocycles. The number of methoxy groups -OCH3 is 1. The zero-order valence-electron chi connectivity index (χ0n) is 11.2. The van der Waals surface area contributed by atoms with Gasteiger partial charge in [0.25, 0.3) is 5.91 Å². The van der Waals surface area contributed by atoms with Crippen molar-refractivity contribution in [3.63, 3.8) is 0 Å². The third kappa shape index (κ3) is 3.33. The summed E-state index contributed by atoms with van der Waals surface area (Å²) in [5.41, 5.74) is 2.19. The zero-order valence-corrected chi connectivity index (χ0v) is 11.2. The number of ether oxygens (including phenoxy) is 1. The van der Waals surface area contributed by atoms with Crippen LogP contribution in [0, 0.1) is 0 Å². The van der Waals surface area contributed by atoms with Gasteiger partial charge in [-0.1, -0.05) is 24.3 Å². The lowest BCUT2D eigenvalue weighted by atomic mass is 10.1. The maximum Gasteiger partial charge on any atom is 0.255 e. The van der Waals surface area contributed by atoms with Crippen LogP contribution in [-0.4, -0.2) is 23.1 Å². The highest BCUT2D eigenvalue weighted by molar-refractivity contribution is 5.96. The summed E-state index contributed by atoms with van der Waals surface area (Å²) in [7, 11) is 1.50. The topological polar surface area (TPSA) is 71.5 Å². The van der Waals surface area contributed by atoms with Crippen LogP contribution in [0.15, 0.2) is 42.7 Å². The highest BCUT2D eigenvalue weighted by Gasteiger charge is 2.11. The molecule has 2 aromatic rings. The van der Waals surface area contributed by atoms with E-state index in [1.54, 1.807) is 12.3 Å². The minimum atomic E-state index is -0.223. The van der Waals surface area contributed by atoms with Crippen LogP contribution >= 0.6 is 0 Å². The molecule has 0 fully saturated rings. The van der Waals surface area contributed by atoms with Crippen LogP contribution in [0.25, 0.3) is 0 Å². The summed E-state index contributed by atoms with van der Waals surface area (Å²) in [4.78, 5) is 16.0. The molecule has 0 spiro atoms. The SMILES string of the molecule is COc1cnccc1C(=O)NCc1cccc(CO)c1. The molecule has 104 valence electrons. The number of pyridine rings is 1. The van der Waals surface area contributed by atoms with Crippen molar-refractivity contribution in [2.75, 3.05) is 7.11 Å². The minimum Gasteiger partial charge on any atom is -0.494 e. The Labute approximate surface area is 117 Å². The van der Waals surface area contributed by atoms with Crippen molar-refractivity contribution in [2.24, 2.45) is 0 Å². The predicted molar refractivity (Wildman–Crippen MR) is 74.3 cm³/mol. The third-order valence-electron chi connectivity index (χ3n) is 2.88. The fourth-order valence-electron chi connectivity index (χ4n) is 1.85. The molecule has 20 heavy (non-hydrogen) atoms. The van der Waals surface area contributed by atoms with E-state index >= 15 is 0 Å². The number of nitrogens with one attached hydrogen (secondary N) is 1. The van der Waals surface area contributed by atoms with E-state index in [-0.39, 0.29) is 12.5 Å². The molecule has 0 radical (unpaired) electrons. The van der Waals surface area contributed by atoms with Crippen LogP contribution in [0.4, 0.5) is 0 Å². The van der Waals surface area contributed by atoms with Gasteiger partial charge in [0, 0.05) is 12.7 Å².